The number of imidazole rings is 1. The van der Waals surface area contributed by atoms with Crippen LogP contribution in [-0.2, 0) is 13.1 Å². The molecule has 0 aromatic carbocycles. The largest absolute Gasteiger partial charge is 0.376 e. The van der Waals surface area contributed by atoms with Crippen LogP contribution in [0.15, 0.2) is 49.1 Å². The van der Waals surface area contributed by atoms with Gasteiger partial charge in [0.2, 0.25) is 0 Å². The molecule has 3 heterocycles. The van der Waals surface area contributed by atoms with Gasteiger partial charge in [-0.25, -0.2) is 9.97 Å². The highest BCUT2D eigenvalue weighted by molar-refractivity contribution is 5.57. The molecule has 3 aromatic heterocycles. The Morgan fingerprint density at radius 3 is 2.76 bits per heavy atom. The van der Waals surface area contributed by atoms with Crippen molar-refractivity contribution in [2.75, 3.05) is 5.32 Å². The van der Waals surface area contributed by atoms with E-state index in [-0.39, 0.29) is 0 Å². The van der Waals surface area contributed by atoms with Gasteiger partial charge in [0.25, 0.3) is 0 Å². The molecule has 0 aliphatic heterocycles. The van der Waals surface area contributed by atoms with Crippen molar-refractivity contribution in [3.05, 3.63) is 60.6 Å². The van der Waals surface area contributed by atoms with Crippen molar-refractivity contribution < 1.29 is 0 Å². The lowest BCUT2D eigenvalue weighted by Gasteiger charge is -2.13. The zero-order valence-corrected chi connectivity index (χ0v) is 12.3. The normalized spacial score (nSPS) is 10.8. The van der Waals surface area contributed by atoms with E-state index < -0.39 is 0 Å². The minimum Gasteiger partial charge on any atom is -0.376 e. The van der Waals surface area contributed by atoms with Gasteiger partial charge in [-0.05, 0) is 38.1 Å². The maximum Gasteiger partial charge on any atom is 0.161 e. The average Bonchev–Trinajstić information content (AvgIpc) is 3.13. The van der Waals surface area contributed by atoms with Crippen molar-refractivity contribution >= 4 is 5.69 Å². The molecule has 0 saturated carbocycles. The van der Waals surface area contributed by atoms with Crippen LogP contribution >= 0.6 is 0 Å². The Morgan fingerprint density at radius 2 is 2.00 bits per heavy atom. The predicted octanol–water partition coefficient (Wildman–Crippen LogP) is 3.01. The number of hydrogen-bond donors (Lipinski definition) is 1. The summed E-state index contributed by atoms with van der Waals surface area (Å²) in [6.07, 6.45) is 7.61. The van der Waals surface area contributed by atoms with Crippen LogP contribution in [0.4, 0.5) is 5.69 Å². The van der Waals surface area contributed by atoms with Crippen molar-refractivity contribution in [2.24, 2.45) is 0 Å². The van der Waals surface area contributed by atoms with Gasteiger partial charge in [-0.15, -0.1) is 0 Å². The Balaban J connectivity index is 1.85. The van der Waals surface area contributed by atoms with Gasteiger partial charge in [0, 0.05) is 37.0 Å². The van der Waals surface area contributed by atoms with E-state index in [4.69, 9.17) is 0 Å². The van der Waals surface area contributed by atoms with Crippen LogP contribution in [0.5, 0.6) is 0 Å². The van der Waals surface area contributed by atoms with Crippen molar-refractivity contribution in [2.45, 2.75) is 26.9 Å². The molecule has 0 aliphatic rings. The molecule has 0 spiro atoms. The molecule has 0 saturated heterocycles. The lowest BCUT2D eigenvalue weighted by Crippen LogP contribution is -2.09. The zero-order valence-electron chi connectivity index (χ0n) is 12.3. The summed E-state index contributed by atoms with van der Waals surface area (Å²) in [4.78, 5) is 8.74. The average molecular weight is 281 g/mol. The van der Waals surface area contributed by atoms with Gasteiger partial charge in [0.05, 0.1) is 12.2 Å². The highest BCUT2D eigenvalue weighted by Crippen LogP contribution is 2.19. The van der Waals surface area contributed by atoms with E-state index in [2.05, 4.69) is 45.1 Å². The summed E-state index contributed by atoms with van der Waals surface area (Å²) in [7, 11) is 0. The summed E-state index contributed by atoms with van der Waals surface area (Å²) >= 11 is 0. The molecule has 0 radical (unpaired) electrons. The highest BCUT2D eigenvalue weighted by Gasteiger charge is 2.08. The smallest absolute Gasteiger partial charge is 0.161 e. The molecule has 0 aliphatic carbocycles. The van der Waals surface area contributed by atoms with E-state index in [1.54, 1.807) is 12.4 Å². The van der Waals surface area contributed by atoms with Gasteiger partial charge in [0.1, 0.15) is 5.82 Å². The second-order valence-electron chi connectivity index (χ2n) is 4.86. The summed E-state index contributed by atoms with van der Waals surface area (Å²) in [5, 5.41) is 3.47. The molecule has 0 bridgehead atoms. The van der Waals surface area contributed by atoms with Gasteiger partial charge in [-0.2, -0.15) is 0 Å². The van der Waals surface area contributed by atoms with E-state index in [0.29, 0.717) is 0 Å². The quantitative estimate of drug-likeness (QED) is 0.782. The third-order valence-corrected chi connectivity index (χ3v) is 3.56. The molecule has 0 amide bonds. The summed E-state index contributed by atoms with van der Waals surface area (Å²) in [6.45, 7) is 5.87. The second kappa shape index (κ2) is 5.83. The number of aryl methyl sites for hydroxylation is 2. The second-order valence-corrected chi connectivity index (χ2v) is 4.86. The fraction of sp³-hybridized carbons (Fsp3) is 0.250. The summed E-state index contributed by atoms with van der Waals surface area (Å²) in [5.41, 5.74) is 2.26. The number of rotatable bonds is 5. The molecule has 3 aromatic rings. The third-order valence-electron chi connectivity index (χ3n) is 3.56. The van der Waals surface area contributed by atoms with Crippen LogP contribution in [0, 0.1) is 6.92 Å². The first-order chi connectivity index (χ1) is 10.3. The Hall–Kier alpha value is -2.56. The molecule has 0 fully saturated rings. The van der Waals surface area contributed by atoms with Gasteiger partial charge in [-0.3, -0.25) is 4.57 Å². The standard InChI is InChI=1S/C16H19N5/c1-3-20-10-5-6-14(20)12-19-15-7-4-8-18-16(15)21-11-9-17-13(21)2/h4-11,19H,3,12H2,1-2H3. The third kappa shape index (κ3) is 2.67. The Kier molecular flexibility index (Phi) is 3.73. The fourth-order valence-electron chi connectivity index (χ4n) is 2.43. The number of nitrogens with one attached hydrogen (secondary N) is 1. The predicted molar refractivity (Wildman–Crippen MR) is 83.5 cm³/mol. The van der Waals surface area contributed by atoms with Crippen LogP contribution in [0.2, 0.25) is 0 Å². The van der Waals surface area contributed by atoms with Gasteiger partial charge >= 0.3 is 0 Å². The first kappa shape index (κ1) is 13.4. The lowest BCUT2D eigenvalue weighted by atomic mass is 10.3. The van der Waals surface area contributed by atoms with Gasteiger partial charge in [-0.1, -0.05) is 0 Å². The van der Waals surface area contributed by atoms with Crippen LogP contribution in [0.1, 0.15) is 18.4 Å². The Labute approximate surface area is 124 Å². The monoisotopic (exact) mass is 281 g/mol. The summed E-state index contributed by atoms with van der Waals surface area (Å²) in [6, 6.07) is 8.19. The fourth-order valence-corrected chi connectivity index (χ4v) is 2.43. The molecular weight excluding hydrogens is 262 g/mol. The van der Waals surface area contributed by atoms with E-state index in [1.165, 1.54) is 5.69 Å². The SMILES string of the molecule is CCn1cccc1CNc1cccnc1-n1ccnc1C. The van der Waals surface area contributed by atoms with Crippen molar-refractivity contribution in [3.8, 4) is 5.82 Å². The van der Waals surface area contributed by atoms with Gasteiger partial charge < -0.3 is 9.88 Å². The molecule has 21 heavy (non-hydrogen) atoms. The van der Waals surface area contributed by atoms with E-state index in [0.717, 1.165) is 30.4 Å². The first-order valence-corrected chi connectivity index (χ1v) is 7.13. The first-order valence-electron chi connectivity index (χ1n) is 7.13. The molecule has 108 valence electrons. The molecule has 0 atom stereocenters. The number of nitrogens with zero attached hydrogens (tertiary/aromatic N) is 4. The van der Waals surface area contributed by atoms with E-state index in [9.17, 15) is 0 Å². The highest BCUT2D eigenvalue weighted by atomic mass is 15.1. The Bertz CT molecular complexity index is 726. The van der Waals surface area contributed by atoms with Crippen molar-refractivity contribution in [3.63, 3.8) is 0 Å². The van der Waals surface area contributed by atoms with Crippen LogP contribution in [-0.4, -0.2) is 19.1 Å². The summed E-state index contributed by atoms with van der Waals surface area (Å²) < 4.78 is 4.21. The molecule has 5 nitrogen and oxygen atoms in total. The van der Waals surface area contributed by atoms with Crippen LogP contribution < -0.4 is 5.32 Å². The van der Waals surface area contributed by atoms with Crippen LogP contribution in [0.25, 0.3) is 5.82 Å². The van der Waals surface area contributed by atoms with Crippen molar-refractivity contribution in [1.29, 1.82) is 0 Å². The number of aromatic nitrogens is 4. The van der Waals surface area contributed by atoms with Crippen molar-refractivity contribution in [1.82, 2.24) is 19.1 Å². The zero-order chi connectivity index (χ0) is 14.7. The van der Waals surface area contributed by atoms with E-state index >= 15 is 0 Å². The van der Waals surface area contributed by atoms with Gasteiger partial charge in [0.15, 0.2) is 5.82 Å². The lowest BCUT2D eigenvalue weighted by molar-refractivity contribution is 0.723. The minimum atomic E-state index is 0.771. The molecule has 0 unspecified atom stereocenters. The minimum absolute atomic E-state index is 0.771. The molecule has 1 N–H and O–H groups in total. The maximum absolute atomic E-state index is 4.48. The van der Waals surface area contributed by atoms with Crippen LogP contribution in [0.3, 0.4) is 0 Å². The molecular formula is C16H19N5. The topological polar surface area (TPSA) is 47.7 Å². The number of hydrogen-bond acceptors (Lipinski definition) is 3. The summed E-state index contributed by atoms with van der Waals surface area (Å²) in [5.74, 6) is 1.80. The molecule has 5 heteroatoms. The Morgan fingerprint density at radius 1 is 1.10 bits per heavy atom. The maximum atomic E-state index is 4.48. The number of pyridine rings is 1. The van der Waals surface area contributed by atoms with E-state index in [1.807, 2.05) is 29.8 Å². The molecule has 3 rings (SSSR count). The number of anilines is 1.